The maximum Gasteiger partial charge on any atom is 0.252 e. The Morgan fingerprint density at radius 1 is 1.28 bits per heavy atom. The molecule has 0 bridgehead atoms. The fourth-order valence-corrected chi connectivity index (χ4v) is 2.83. The molecule has 1 aliphatic heterocycles. The standard InChI is InChI=1S/C20H22N2O3/c1-14-19(23)17(13-22(14)2)20(24)21-11-6-12-25-18-10-5-8-15-7-3-4-9-16(15)18/h3-5,7-10,23H,1,6,11-13H2,2H3,(H,21,24). The monoisotopic (exact) mass is 338 g/mol. The third-order valence-electron chi connectivity index (χ3n) is 4.30. The van der Waals surface area contributed by atoms with Gasteiger partial charge in [0.2, 0.25) is 0 Å². The number of aliphatic hydroxyl groups is 1. The van der Waals surface area contributed by atoms with Gasteiger partial charge in [0.15, 0.2) is 0 Å². The molecule has 0 fully saturated rings. The van der Waals surface area contributed by atoms with Gasteiger partial charge in [-0.25, -0.2) is 0 Å². The summed E-state index contributed by atoms with van der Waals surface area (Å²) in [5.41, 5.74) is 0.840. The Bertz CT molecular complexity index is 836. The molecule has 1 heterocycles. The van der Waals surface area contributed by atoms with Crippen LogP contribution in [-0.4, -0.2) is 42.7 Å². The number of aliphatic hydroxyl groups excluding tert-OH is 1. The van der Waals surface area contributed by atoms with E-state index in [4.69, 9.17) is 4.74 Å². The molecule has 0 saturated heterocycles. The van der Waals surface area contributed by atoms with E-state index in [-0.39, 0.29) is 11.7 Å². The number of nitrogens with one attached hydrogen (secondary N) is 1. The summed E-state index contributed by atoms with van der Waals surface area (Å²) in [4.78, 5) is 13.9. The average molecular weight is 338 g/mol. The van der Waals surface area contributed by atoms with Gasteiger partial charge < -0.3 is 20.1 Å². The van der Waals surface area contributed by atoms with Crippen LogP contribution in [-0.2, 0) is 4.79 Å². The topological polar surface area (TPSA) is 61.8 Å². The van der Waals surface area contributed by atoms with Gasteiger partial charge in [-0.1, -0.05) is 43.0 Å². The highest BCUT2D eigenvalue weighted by Crippen LogP contribution is 2.25. The molecule has 0 radical (unpaired) electrons. The highest BCUT2D eigenvalue weighted by molar-refractivity contribution is 5.95. The van der Waals surface area contributed by atoms with Gasteiger partial charge in [-0.15, -0.1) is 0 Å². The van der Waals surface area contributed by atoms with Gasteiger partial charge in [-0.05, 0) is 17.9 Å². The summed E-state index contributed by atoms with van der Waals surface area (Å²) in [5, 5.41) is 14.9. The number of nitrogens with zero attached hydrogens (tertiary/aromatic N) is 1. The Morgan fingerprint density at radius 3 is 2.80 bits per heavy atom. The van der Waals surface area contributed by atoms with Gasteiger partial charge >= 0.3 is 0 Å². The van der Waals surface area contributed by atoms with Crippen LogP contribution in [0.1, 0.15) is 6.42 Å². The molecule has 1 aliphatic rings. The van der Waals surface area contributed by atoms with Crippen molar-refractivity contribution in [1.82, 2.24) is 10.2 Å². The van der Waals surface area contributed by atoms with Crippen molar-refractivity contribution in [1.29, 1.82) is 0 Å². The van der Waals surface area contributed by atoms with Crippen LogP contribution in [0.25, 0.3) is 10.8 Å². The van der Waals surface area contributed by atoms with Gasteiger partial charge in [0, 0.05) is 19.0 Å². The molecule has 3 rings (SSSR count). The Hall–Kier alpha value is -2.95. The molecular formula is C20H22N2O3. The number of fused-ring (bicyclic) bond motifs is 1. The minimum Gasteiger partial charge on any atom is -0.505 e. The van der Waals surface area contributed by atoms with Gasteiger partial charge in [0.25, 0.3) is 5.91 Å². The summed E-state index contributed by atoms with van der Waals surface area (Å²) in [7, 11) is 1.79. The Balaban J connectivity index is 1.48. The average Bonchev–Trinajstić information content (AvgIpc) is 2.89. The lowest BCUT2D eigenvalue weighted by atomic mass is 10.1. The molecule has 25 heavy (non-hydrogen) atoms. The van der Waals surface area contributed by atoms with E-state index in [0.717, 1.165) is 16.5 Å². The van der Waals surface area contributed by atoms with Crippen LogP contribution in [0.5, 0.6) is 5.75 Å². The van der Waals surface area contributed by atoms with Crippen molar-refractivity contribution in [3.63, 3.8) is 0 Å². The zero-order chi connectivity index (χ0) is 17.8. The van der Waals surface area contributed by atoms with Crippen molar-refractivity contribution in [3.8, 4) is 5.75 Å². The number of hydrogen-bond donors (Lipinski definition) is 2. The summed E-state index contributed by atoms with van der Waals surface area (Å²) in [5.74, 6) is 0.568. The first-order chi connectivity index (χ1) is 12.1. The first kappa shape index (κ1) is 16.9. The summed E-state index contributed by atoms with van der Waals surface area (Å²) in [6.45, 7) is 5.10. The van der Waals surface area contributed by atoms with Crippen molar-refractivity contribution in [2.75, 3.05) is 26.7 Å². The predicted molar refractivity (Wildman–Crippen MR) is 98.5 cm³/mol. The molecule has 0 atom stereocenters. The molecule has 2 aromatic carbocycles. The lowest BCUT2D eigenvalue weighted by molar-refractivity contribution is -0.117. The fourth-order valence-electron chi connectivity index (χ4n) is 2.83. The van der Waals surface area contributed by atoms with Crippen LogP contribution in [0, 0.1) is 0 Å². The maximum atomic E-state index is 12.1. The number of likely N-dealkylation sites (N-methyl/N-ethyl adjacent to an activating group) is 1. The van der Waals surface area contributed by atoms with E-state index in [1.807, 2.05) is 30.3 Å². The number of amides is 1. The number of benzene rings is 2. The first-order valence-electron chi connectivity index (χ1n) is 8.29. The molecule has 0 saturated carbocycles. The summed E-state index contributed by atoms with van der Waals surface area (Å²) in [6.07, 6.45) is 0.680. The highest BCUT2D eigenvalue weighted by atomic mass is 16.5. The summed E-state index contributed by atoms with van der Waals surface area (Å²) < 4.78 is 5.85. The van der Waals surface area contributed by atoms with Gasteiger partial charge in [0.1, 0.15) is 11.5 Å². The van der Waals surface area contributed by atoms with E-state index in [2.05, 4.69) is 24.0 Å². The lowest BCUT2D eigenvalue weighted by Gasteiger charge is -2.11. The quantitative estimate of drug-likeness (QED) is 0.795. The SMILES string of the molecule is C=C1C(O)=C(C(=O)NCCCOc2cccc3ccccc23)CN1C. The van der Waals surface area contributed by atoms with Crippen LogP contribution >= 0.6 is 0 Å². The van der Waals surface area contributed by atoms with Gasteiger partial charge in [-0.2, -0.15) is 0 Å². The Morgan fingerprint density at radius 2 is 2.04 bits per heavy atom. The van der Waals surface area contributed by atoms with E-state index in [1.165, 1.54) is 0 Å². The van der Waals surface area contributed by atoms with Crippen LogP contribution in [0.15, 0.2) is 66.1 Å². The summed E-state index contributed by atoms with van der Waals surface area (Å²) >= 11 is 0. The lowest BCUT2D eigenvalue weighted by Crippen LogP contribution is -2.29. The fraction of sp³-hybridized carbons (Fsp3) is 0.250. The minimum absolute atomic E-state index is 0.0213. The van der Waals surface area contributed by atoms with Gasteiger partial charge in [0.05, 0.1) is 24.4 Å². The van der Waals surface area contributed by atoms with Crippen molar-refractivity contribution < 1.29 is 14.6 Å². The van der Waals surface area contributed by atoms with Crippen LogP contribution < -0.4 is 10.1 Å². The highest BCUT2D eigenvalue weighted by Gasteiger charge is 2.26. The van der Waals surface area contributed by atoms with Crippen LogP contribution in [0.3, 0.4) is 0 Å². The molecule has 0 aliphatic carbocycles. The molecule has 130 valence electrons. The maximum absolute atomic E-state index is 12.1. The second-order valence-corrected chi connectivity index (χ2v) is 6.07. The number of carbonyl (C=O) groups excluding carboxylic acids is 1. The number of rotatable bonds is 6. The van der Waals surface area contributed by atoms with Crippen molar-refractivity contribution >= 4 is 16.7 Å². The molecular weight excluding hydrogens is 316 g/mol. The van der Waals surface area contributed by atoms with Crippen molar-refractivity contribution in [2.45, 2.75) is 6.42 Å². The molecule has 0 unspecified atom stereocenters. The molecule has 1 amide bonds. The second kappa shape index (κ2) is 7.30. The zero-order valence-corrected chi connectivity index (χ0v) is 14.3. The van der Waals surface area contributed by atoms with Crippen molar-refractivity contribution in [3.05, 3.63) is 66.1 Å². The van der Waals surface area contributed by atoms with Crippen LogP contribution in [0.2, 0.25) is 0 Å². The van der Waals surface area contributed by atoms with Crippen LogP contribution in [0.4, 0.5) is 0 Å². The largest absolute Gasteiger partial charge is 0.505 e. The minimum atomic E-state index is -0.256. The second-order valence-electron chi connectivity index (χ2n) is 6.07. The van der Waals surface area contributed by atoms with E-state index in [0.29, 0.717) is 37.4 Å². The molecule has 5 nitrogen and oxygen atoms in total. The predicted octanol–water partition coefficient (Wildman–Crippen LogP) is 3.00. The van der Waals surface area contributed by atoms with Crippen molar-refractivity contribution in [2.24, 2.45) is 0 Å². The molecule has 5 heteroatoms. The molecule has 2 N–H and O–H groups in total. The number of ether oxygens (including phenoxy) is 1. The third kappa shape index (κ3) is 3.60. The number of hydrogen-bond acceptors (Lipinski definition) is 4. The van der Waals surface area contributed by atoms with E-state index in [1.54, 1.807) is 11.9 Å². The van der Waals surface area contributed by atoms with E-state index in [9.17, 15) is 9.90 Å². The molecule has 0 aromatic heterocycles. The van der Waals surface area contributed by atoms with E-state index < -0.39 is 0 Å². The first-order valence-corrected chi connectivity index (χ1v) is 8.29. The Labute approximate surface area is 147 Å². The number of carbonyl (C=O) groups is 1. The Kier molecular flexibility index (Phi) is 4.93. The van der Waals surface area contributed by atoms with E-state index >= 15 is 0 Å². The normalized spacial score (nSPS) is 14.3. The molecule has 0 spiro atoms. The third-order valence-corrected chi connectivity index (χ3v) is 4.30. The zero-order valence-electron chi connectivity index (χ0n) is 14.3. The summed E-state index contributed by atoms with van der Waals surface area (Å²) in [6, 6.07) is 14.0. The van der Waals surface area contributed by atoms with Gasteiger partial charge in [-0.3, -0.25) is 4.79 Å². The smallest absolute Gasteiger partial charge is 0.252 e. The molecule has 2 aromatic rings.